The van der Waals surface area contributed by atoms with Crippen LogP contribution in [0.15, 0.2) is 45.7 Å². The van der Waals surface area contributed by atoms with Gasteiger partial charge in [0.1, 0.15) is 0 Å². The third kappa shape index (κ3) is 4.79. The summed E-state index contributed by atoms with van der Waals surface area (Å²) >= 11 is 0. The van der Waals surface area contributed by atoms with Gasteiger partial charge in [0, 0.05) is 23.7 Å². The van der Waals surface area contributed by atoms with Gasteiger partial charge in [0.25, 0.3) is 5.91 Å². The van der Waals surface area contributed by atoms with E-state index < -0.39 is 15.9 Å². The molecule has 2 heterocycles. The van der Waals surface area contributed by atoms with Crippen molar-refractivity contribution in [2.24, 2.45) is 11.3 Å². The summed E-state index contributed by atoms with van der Waals surface area (Å²) in [6, 6.07) is 8.85. The van der Waals surface area contributed by atoms with Gasteiger partial charge in [-0.2, -0.15) is 4.31 Å². The van der Waals surface area contributed by atoms with Gasteiger partial charge in [-0.15, -0.1) is 0 Å². The number of piperidine rings is 1. The van der Waals surface area contributed by atoms with Crippen molar-refractivity contribution in [2.75, 3.05) is 25.5 Å². The monoisotopic (exact) mass is 434 g/mol. The fourth-order valence-corrected chi connectivity index (χ4v) is 5.10. The number of benzene rings is 1. The summed E-state index contributed by atoms with van der Waals surface area (Å²) in [6.07, 6.45) is 1.70. The summed E-state index contributed by atoms with van der Waals surface area (Å²) in [6.45, 7) is 7.60. The maximum absolute atomic E-state index is 13.0. The molecule has 0 saturated carbocycles. The van der Waals surface area contributed by atoms with E-state index in [0.29, 0.717) is 29.5 Å². The molecule has 1 N–H and O–H groups in total. The van der Waals surface area contributed by atoms with E-state index in [4.69, 9.17) is 4.42 Å². The SMILES string of the molecule is C[N+](=O)c1ccc(C(=O)Nc2ccc(S(=O)(=O)N3CCC(C(C)(C)C)CC3)cc2)o1. The second-order valence-electron chi connectivity index (χ2n) is 8.66. The van der Waals surface area contributed by atoms with E-state index in [1.807, 2.05) is 0 Å². The minimum absolute atomic E-state index is 0.00822. The van der Waals surface area contributed by atoms with Crippen molar-refractivity contribution < 1.29 is 22.4 Å². The summed E-state index contributed by atoms with van der Waals surface area (Å²) in [5.74, 6) is -0.00374. The van der Waals surface area contributed by atoms with E-state index in [9.17, 15) is 18.1 Å². The molecule has 2 aromatic rings. The van der Waals surface area contributed by atoms with Crippen molar-refractivity contribution in [3.63, 3.8) is 0 Å². The van der Waals surface area contributed by atoms with E-state index in [2.05, 4.69) is 26.1 Å². The zero-order valence-electron chi connectivity index (χ0n) is 17.7. The summed E-state index contributed by atoms with van der Waals surface area (Å²) in [4.78, 5) is 23.6. The quantitative estimate of drug-likeness (QED) is 0.717. The molecule has 1 saturated heterocycles. The first-order valence-corrected chi connectivity index (χ1v) is 11.3. The van der Waals surface area contributed by atoms with Gasteiger partial charge in [-0.1, -0.05) is 20.8 Å². The molecule has 0 radical (unpaired) electrons. The van der Waals surface area contributed by atoms with Crippen LogP contribution in [0.4, 0.5) is 11.6 Å². The lowest BCUT2D eigenvalue weighted by molar-refractivity contribution is -0.444. The lowest BCUT2D eigenvalue weighted by Gasteiger charge is -2.38. The third-order valence-corrected chi connectivity index (χ3v) is 7.47. The molecule has 0 aliphatic carbocycles. The van der Waals surface area contributed by atoms with Crippen LogP contribution >= 0.6 is 0 Å². The number of hydrogen-bond donors (Lipinski definition) is 1. The Morgan fingerprint density at radius 3 is 2.20 bits per heavy atom. The molecule has 1 amide bonds. The molecule has 1 aliphatic heterocycles. The van der Waals surface area contributed by atoms with E-state index in [0.717, 1.165) is 12.8 Å². The van der Waals surface area contributed by atoms with E-state index in [1.165, 1.54) is 47.8 Å². The van der Waals surface area contributed by atoms with E-state index >= 15 is 0 Å². The van der Waals surface area contributed by atoms with Crippen molar-refractivity contribution in [2.45, 2.75) is 38.5 Å². The predicted octanol–water partition coefficient (Wildman–Crippen LogP) is 4.02. The molecule has 8 nitrogen and oxygen atoms in total. The Bertz CT molecular complexity index is 1030. The number of rotatable bonds is 5. The molecular formula is C21H28N3O5S+. The molecule has 9 heteroatoms. The lowest BCUT2D eigenvalue weighted by atomic mass is 9.76. The minimum Gasteiger partial charge on any atom is -0.396 e. The van der Waals surface area contributed by atoms with Crippen molar-refractivity contribution in [3.8, 4) is 0 Å². The molecule has 1 aliphatic rings. The molecular weight excluding hydrogens is 406 g/mol. The van der Waals surface area contributed by atoms with Crippen LogP contribution in [0, 0.1) is 16.2 Å². The van der Waals surface area contributed by atoms with E-state index in [-0.39, 0.29) is 22.0 Å². The van der Waals surface area contributed by atoms with Crippen molar-refractivity contribution in [3.05, 3.63) is 47.1 Å². The predicted molar refractivity (Wildman–Crippen MR) is 113 cm³/mol. The molecule has 162 valence electrons. The third-order valence-electron chi connectivity index (χ3n) is 5.55. The number of furan rings is 1. The standard InChI is InChI=1S/C21H27N3O5S/c1-21(2,3)15-11-13-24(14-12-15)30(27,28)17-7-5-16(6-8-17)22-20(25)18-9-10-19(29-18)23(4)26/h5-10,15H,11-14H2,1-4H3/p+1. The number of carbonyl (C=O) groups is 1. The fourth-order valence-electron chi connectivity index (χ4n) is 3.63. The molecule has 1 aromatic heterocycles. The smallest absolute Gasteiger partial charge is 0.396 e. The maximum Gasteiger partial charge on any atom is 0.421 e. The summed E-state index contributed by atoms with van der Waals surface area (Å²) < 4.78 is 33.1. The van der Waals surface area contributed by atoms with Gasteiger partial charge in [0.15, 0.2) is 12.8 Å². The highest BCUT2D eigenvalue weighted by Gasteiger charge is 2.34. The van der Waals surface area contributed by atoms with Crippen LogP contribution in [0.25, 0.3) is 0 Å². The van der Waals surface area contributed by atoms with Gasteiger partial charge in [-0.3, -0.25) is 4.79 Å². The molecule has 1 aromatic carbocycles. The number of carbonyl (C=O) groups excluding carboxylic acids is 1. The van der Waals surface area contributed by atoms with Gasteiger partial charge in [-0.05, 0) is 54.5 Å². The number of hydrogen-bond acceptors (Lipinski definition) is 5. The molecule has 1 fully saturated rings. The Labute approximate surface area is 176 Å². The normalized spacial score (nSPS) is 16.4. The number of nitrogens with zero attached hydrogens (tertiary/aromatic N) is 2. The highest BCUT2D eigenvalue weighted by atomic mass is 32.2. The first-order chi connectivity index (χ1) is 14.0. The average molecular weight is 435 g/mol. The van der Waals surface area contributed by atoms with Crippen molar-refractivity contribution in [1.29, 1.82) is 0 Å². The van der Waals surface area contributed by atoms with Crippen molar-refractivity contribution >= 4 is 27.5 Å². The van der Waals surface area contributed by atoms with Crippen LogP contribution < -0.4 is 5.32 Å². The molecule has 0 unspecified atom stereocenters. The van der Waals surface area contributed by atoms with Crippen LogP contribution in [0.3, 0.4) is 0 Å². The Balaban J connectivity index is 1.66. The van der Waals surface area contributed by atoms with Crippen molar-refractivity contribution in [1.82, 2.24) is 4.31 Å². The Kier molecular flexibility index (Phi) is 6.14. The second-order valence-corrected chi connectivity index (χ2v) is 10.6. The van der Waals surface area contributed by atoms with Gasteiger partial charge < -0.3 is 9.73 Å². The minimum atomic E-state index is -3.57. The highest BCUT2D eigenvalue weighted by molar-refractivity contribution is 7.89. The Morgan fingerprint density at radius 1 is 1.10 bits per heavy atom. The zero-order chi connectivity index (χ0) is 22.1. The number of sulfonamides is 1. The molecule has 0 bridgehead atoms. The number of amides is 1. The molecule has 0 spiro atoms. The average Bonchev–Trinajstić information content (AvgIpc) is 3.19. The fraction of sp³-hybridized carbons (Fsp3) is 0.476. The number of nitroso groups, excluding NO2 is 1. The van der Waals surface area contributed by atoms with Crippen LogP contribution in [0.5, 0.6) is 0 Å². The number of nitrogens with one attached hydrogen (secondary N) is 1. The highest BCUT2D eigenvalue weighted by Crippen LogP contribution is 2.35. The summed E-state index contributed by atoms with van der Waals surface area (Å²) in [5, 5.41) is 2.63. The Hall–Kier alpha value is -2.52. The molecule has 30 heavy (non-hydrogen) atoms. The zero-order valence-corrected chi connectivity index (χ0v) is 18.5. The van der Waals surface area contributed by atoms with Gasteiger partial charge in [0.2, 0.25) is 10.0 Å². The van der Waals surface area contributed by atoms with Gasteiger partial charge >= 0.3 is 5.88 Å². The lowest BCUT2D eigenvalue weighted by Crippen LogP contribution is -2.41. The first kappa shape index (κ1) is 22.2. The second kappa shape index (κ2) is 8.31. The van der Waals surface area contributed by atoms with Crippen LogP contribution in [-0.2, 0) is 10.0 Å². The summed E-state index contributed by atoms with van der Waals surface area (Å²) in [7, 11) is -2.30. The first-order valence-electron chi connectivity index (χ1n) is 9.91. The van der Waals surface area contributed by atoms with E-state index in [1.54, 1.807) is 0 Å². The maximum atomic E-state index is 13.0. The summed E-state index contributed by atoms with van der Waals surface area (Å²) in [5.41, 5.74) is 0.604. The van der Waals surface area contributed by atoms with Crippen LogP contribution in [-0.4, -0.2) is 43.5 Å². The Morgan fingerprint density at radius 2 is 1.70 bits per heavy atom. The van der Waals surface area contributed by atoms with Gasteiger partial charge in [0.05, 0.1) is 15.7 Å². The largest absolute Gasteiger partial charge is 0.421 e. The number of anilines is 1. The topological polar surface area (TPSA) is 99.7 Å². The van der Waals surface area contributed by atoms with Crippen LogP contribution in [0.1, 0.15) is 44.2 Å². The molecule has 3 rings (SSSR count). The molecule has 0 atom stereocenters. The van der Waals surface area contributed by atoms with Gasteiger partial charge in [-0.25, -0.2) is 8.42 Å². The van der Waals surface area contributed by atoms with Crippen LogP contribution in [0.2, 0.25) is 0 Å².